The molecule has 0 saturated carbocycles. The van der Waals surface area contributed by atoms with E-state index in [2.05, 4.69) is 82.1 Å². The molecule has 0 aliphatic carbocycles. The molecule has 0 fully saturated rings. The fourth-order valence-electron chi connectivity index (χ4n) is 2.33. The van der Waals surface area contributed by atoms with Crippen LogP contribution in [0.1, 0.15) is 36.6 Å². The third-order valence-corrected chi connectivity index (χ3v) is 4.11. The molecule has 2 aromatic rings. The Bertz CT molecular complexity index is 573. The molecule has 2 aromatic carbocycles. The maximum atomic E-state index is 6.41. The summed E-state index contributed by atoms with van der Waals surface area (Å²) in [6.07, 6.45) is 1.09. The van der Waals surface area contributed by atoms with E-state index in [-0.39, 0.29) is 6.04 Å². The molecule has 106 valence electrons. The van der Waals surface area contributed by atoms with E-state index in [1.54, 1.807) is 0 Å². The number of halogens is 2. The van der Waals surface area contributed by atoms with Gasteiger partial charge in [-0.1, -0.05) is 70.0 Å². The van der Waals surface area contributed by atoms with Crippen molar-refractivity contribution in [2.75, 3.05) is 0 Å². The Morgan fingerprint density at radius 2 is 1.60 bits per heavy atom. The van der Waals surface area contributed by atoms with E-state index in [1.165, 1.54) is 5.56 Å². The topological polar surface area (TPSA) is 26.0 Å². The quantitative estimate of drug-likeness (QED) is 0.729. The van der Waals surface area contributed by atoms with Crippen LogP contribution in [0.15, 0.2) is 51.4 Å². The Morgan fingerprint density at radius 3 is 2.20 bits per heavy atom. The highest BCUT2D eigenvalue weighted by Gasteiger charge is 2.11. The van der Waals surface area contributed by atoms with Crippen LogP contribution in [0.5, 0.6) is 0 Å². The molecule has 1 unspecified atom stereocenters. The van der Waals surface area contributed by atoms with Crippen molar-refractivity contribution in [1.82, 2.24) is 0 Å². The fraction of sp³-hybridized carbons (Fsp3) is 0.294. The maximum Gasteiger partial charge on any atom is 0.0552 e. The van der Waals surface area contributed by atoms with Gasteiger partial charge in [0.2, 0.25) is 0 Å². The van der Waals surface area contributed by atoms with Gasteiger partial charge in [0.15, 0.2) is 0 Å². The standard InChI is InChI=1S/C17H19Br2N/c1-11(2)6-12-4-3-5-13(7-12)17(20)14-8-15(18)10-16(19)9-14/h3-5,7-11,17H,6,20H2,1-2H3. The molecular weight excluding hydrogens is 378 g/mol. The Labute approximate surface area is 137 Å². The molecule has 0 aliphatic rings. The van der Waals surface area contributed by atoms with Gasteiger partial charge in [-0.25, -0.2) is 0 Å². The smallest absolute Gasteiger partial charge is 0.0552 e. The molecule has 0 bridgehead atoms. The zero-order valence-electron chi connectivity index (χ0n) is 11.7. The van der Waals surface area contributed by atoms with Crippen molar-refractivity contribution in [3.8, 4) is 0 Å². The van der Waals surface area contributed by atoms with Gasteiger partial charge in [-0.2, -0.15) is 0 Å². The number of hydrogen-bond donors (Lipinski definition) is 1. The number of hydrogen-bond acceptors (Lipinski definition) is 1. The van der Waals surface area contributed by atoms with Crippen LogP contribution < -0.4 is 5.73 Å². The second kappa shape index (κ2) is 6.88. The van der Waals surface area contributed by atoms with Crippen LogP contribution in [-0.4, -0.2) is 0 Å². The highest BCUT2D eigenvalue weighted by molar-refractivity contribution is 9.11. The molecule has 0 spiro atoms. The van der Waals surface area contributed by atoms with Gasteiger partial charge in [0.25, 0.3) is 0 Å². The fourth-order valence-corrected chi connectivity index (χ4v) is 3.66. The number of nitrogens with two attached hydrogens (primary N) is 1. The first-order valence-electron chi connectivity index (χ1n) is 6.76. The van der Waals surface area contributed by atoms with Crippen molar-refractivity contribution in [1.29, 1.82) is 0 Å². The largest absolute Gasteiger partial charge is 0.320 e. The first-order valence-corrected chi connectivity index (χ1v) is 8.34. The summed E-state index contributed by atoms with van der Waals surface area (Å²) in [6.45, 7) is 4.47. The number of benzene rings is 2. The molecule has 3 heteroatoms. The van der Waals surface area contributed by atoms with E-state index in [9.17, 15) is 0 Å². The van der Waals surface area contributed by atoms with E-state index in [0.717, 1.165) is 26.5 Å². The Morgan fingerprint density at radius 1 is 0.950 bits per heavy atom. The van der Waals surface area contributed by atoms with E-state index in [0.29, 0.717) is 5.92 Å². The average Bonchev–Trinajstić information content (AvgIpc) is 2.36. The van der Waals surface area contributed by atoms with Crippen molar-refractivity contribution >= 4 is 31.9 Å². The highest BCUT2D eigenvalue weighted by Crippen LogP contribution is 2.27. The summed E-state index contributed by atoms with van der Waals surface area (Å²) >= 11 is 7.03. The van der Waals surface area contributed by atoms with Gasteiger partial charge in [0, 0.05) is 8.95 Å². The van der Waals surface area contributed by atoms with Crippen molar-refractivity contribution in [2.24, 2.45) is 11.7 Å². The predicted molar refractivity (Wildman–Crippen MR) is 92.9 cm³/mol. The molecule has 0 amide bonds. The first kappa shape index (κ1) is 15.7. The molecule has 0 saturated heterocycles. The number of rotatable bonds is 4. The average molecular weight is 397 g/mol. The summed E-state index contributed by atoms with van der Waals surface area (Å²) in [5.41, 5.74) is 10.0. The van der Waals surface area contributed by atoms with E-state index in [1.807, 2.05) is 6.07 Å². The molecule has 20 heavy (non-hydrogen) atoms. The van der Waals surface area contributed by atoms with Crippen LogP contribution in [0.2, 0.25) is 0 Å². The third kappa shape index (κ3) is 4.18. The Kier molecular flexibility index (Phi) is 5.42. The predicted octanol–water partition coefficient (Wildman–Crippen LogP) is 5.46. The molecule has 0 aliphatic heterocycles. The van der Waals surface area contributed by atoms with Gasteiger partial charge < -0.3 is 5.73 Å². The zero-order chi connectivity index (χ0) is 14.7. The van der Waals surface area contributed by atoms with Crippen LogP contribution in [0.4, 0.5) is 0 Å². The second-order valence-electron chi connectivity index (χ2n) is 5.52. The van der Waals surface area contributed by atoms with Gasteiger partial charge >= 0.3 is 0 Å². The molecular formula is C17H19Br2N. The minimum Gasteiger partial charge on any atom is -0.320 e. The lowest BCUT2D eigenvalue weighted by atomic mass is 9.95. The second-order valence-corrected chi connectivity index (χ2v) is 7.35. The van der Waals surface area contributed by atoms with Gasteiger partial charge in [-0.3, -0.25) is 0 Å². The maximum absolute atomic E-state index is 6.41. The van der Waals surface area contributed by atoms with Crippen LogP contribution >= 0.6 is 31.9 Å². The van der Waals surface area contributed by atoms with Crippen LogP contribution in [-0.2, 0) is 6.42 Å². The Balaban J connectivity index is 2.30. The lowest BCUT2D eigenvalue weighted by molar-refractivity contribution is 0.646. The van der Waals surface area contributed by atoms with Crippen molar-refractivity contribution in [3.63, 3.8) is 0 Å². The molecule has 0 aromatic heterocycles. The van der Waals surface area contributed by atoms with Crippen molar-refractivity contribution < 1.29 is 0 Å². The van der Waals surface area contributed by atoms with Crippen LogP contribution in [0, 0.1) is 5.92 Å². The summed E-state index contributed by atoms with van der Waals surface area (Å²) in [4.78, 5) is 0. The van der Waals surface area contributed by atoms with E-state index < -0.39 is 0 Å². The normalized spacial score (nSPS) is 12.7. The Hall–Kier alpha value is -0.640. The van der Waals surface area contributed by atoms with E-state index in [4.69, 9.17) is 5.73 Å². The van der Waals surface area contributed by atoms with Crippen LogP contribution in [0.25, 0.3) is 0 Å². The molecule has 2 rings (SSSR count). The lowest BCUT2D eigenvalue weighted by Gasteiger charge is -2.15. The summed E-state index contributed by atoms with van der Waals surface area (Å²) in [7, 11) is 0. The highest BCUT2D eigenvalue weighted by atomic mass is 79.9. The molecule has 1 atom stereocenters. The summed E-state index contributed by atoms with van der Waals surface area (Å²) in [6, 6.07) is 14.7. The molecule has 1 nitrogen and oxygen atoms in total. The summed E-state index contributed by atoms with van der Waals surface area (Å²) in [5.74, 6) is 0.654. The lowest BCUT2D eigenvalue weighted by Crippen LogP contribution is -2.12. The van der Waals surface area contributed by atoms with Gasteiger partial charge in [0.1, 0.15) is 0 Å². The summed E-state index contributed by atoms with van der Waals surface area (Å²) in [5, 5.41) is 0. The van der Waals surface area contributed by atoms with Crippen molar-refractivity contribution in [3.05, 3.63) is 68.1 Å². The monoisotopic (exact) mass is 395 g/mol. The summed E-state index contributed by atoms with van der Waals surface area (Å²) < 4.78 is 2.08. The van der Waals surface area contributed by atoms with Gasteiger partial charge in [0.05, 0.1) is 6.04 Å². The minimum atomic E-state index is -0.101. The molecule has 0 heterocycles. The zero-order valence-corrected chi connectivity index (χ0v) is 14.9. The van der Waals surface area contributed by atoms with Crippen LogP contribution in [0.3, 0.4) is 0 Å². The SMILES string of the molecule is CC(C)Cc1cccc(C(N)c2cc(Br)cc(Br)c2)c1. The van der Waals surface area contributed by atoms with Crippen molar-refractivity contribution in [2.45, 2.75) is 26.3 Å². The minimum absolute atomic E-state index is 0.101. The molecule has 0 radical (unpaired) electrons. The first-order chi connectivity index (χ1) is 9.45. The molecule has 2 N–H and O–H groups in total. The van der Waals surface area contributed by atoms with Gasteiger partial charge in [-0.15, -0.1) is 0 Å². The third-order valence-electron chi connectivity index (χ3n) is 3.20. The van der Waals surface area contributed by atoms with Gasteiger partial charge in [-0.05, 0) is 47.2 Å². The van der Waals surface area contributed by atoms with E-state index >= 15 is 0 Å².